The second kappa shape index (κ2) is 5.92. The SMILES string of the molecule is N#Cc1c(C#Cc2ccccc2)ccc2cc3ccccc3cc12. The largest absolute Gasteiger partial charge is 0.192 e. The number of rotatable bonds is 0. The van der Waals surface area contributed by atoms with Gasteiger partial charge in [0.15, 0.2) is 0 Å². The molecule has 0 bridgehead atoms. The van der Waals surface area contributed by atoms with Gasteiger partial charge >= 0.3 is 0 Å². The normalized spacial score (nSPS) is 10.1. The standard InChI is InChI=1S/C23H13N/c24-16-23-18(11-10-17-6-2-1-3-7-17)12-13-21-14-19-8-4-5-9-20(19)15-22(21)23/h1-9,12-15H. The van der Waals surface area contributed by atoms with Gasteiger partial charge in [-0.1, -0.05) is 60.4 Å². The maximum absolute atomic E-state index is 9.67. The van der Waals surface area contributed by atoms with E-state index in [1.165, 1.54) is 5.39 Å². The van der Waals surface area contributed by atoms with Gasteiger partial charge < -0.3 is 0 Å². The van der Waals surface area contributed by atoms with E-state index in [1.807, 2.05) is 54.6 Å². The molecule has 0 saturated heterocycles. The van der Waals surface area contributed by atoms with Crippen LogP contribution in [0.2, 0.25) is 0 Å². The summed E-state index contributed by atoms with van der Waals surface area (Å²) in [6.45, 7) is 0. The lowest BCUT2D eigenvalue weighted by atomic mass is 9.96. The molecule has 0 aromatic heterocycles. The van der Waals surface area contributed by atoms with Gasteiger partial charge in [-0.15, -0.1) is 0 Å². The zero-order chi connectivity index (χ0) is 16.4. The highest BCUT2D eigenvalue weighted by Gasteiger charge is 2.07. The first-order valence-electron chi connectivity index (χ1n) is 7.78. The Morgan fingerprint density at radius 2 is 1.33 bits per heavy atom. The van der Waals surface area contributed by atoms with Crippen LogP contribution in [0.1, 0.15) is 16.7 Å². The minimum atomic E-state index is 0.640. The molecule has 0 N–H and O–H groups in total. The van der Waals surface area contributed by atoms with E-state index in [0.29, 0.717) is 5.56 Å². The zero-order valence-electron chi connectivity index (χ0n) is 13.0. The van der Waals surface area contributed by atoms with Crippen LogP contribution in [-0.4, -0.2) is 0 Å². The third-order valence-electron chi connectivity index (χ3n) is 4.11. The van der Waals surface area contributed by atoms with E-state index in [1.54, 1.807) is 0 Å². The van der Waals surface area contributed by atoms with Crippen LogP contribution in [0.3, 0.4) is 0 Å². The number of benzene rings is 4. The topological polar surface area (TPSA) is 23.8 Å². The molecular formula is C23H13N. The van der Waals surface area contributed by atoms with Gasteiger partial charge in [-0.2, -0.15) is 5.26 Å². The molecule has 1 nitrogen and oxygen atoms in total. The summed E-state index contributed by atoms with van der Waals surface area (Å²) in [6, 6.07) is 28.5. The summed E-state index contributed by atoms with van der Waals surface area (Å²) in [6.07, 6.45) is 0. The summed E-state index contributed by atoms with van der Waals surface area (Å²) >= 11 is 0. The van der Waals surface area contributed by atoms with E-state index >= 15 is 0 Å². The molecule has 0 fully saturated rings. The maximum Gasteiger partial charge on any atom is 0.101 e. The molecule has 0 atom stereocenters. The Labute approximate surface area is 140 Å². The fraction of sp³-hybridized carbons (Fsp3) is 0. The number of nitriles is 1. The highest BCUT2D eigenvalue weighted by atomic mass is 14.2. The Morgan fingerprint density at radius 1 is 0.625 bits per heavy atom. The predicted molar refractivity (Wildman–Crippen MR) is 98.6 cm³/mol. The lowest BCUT2D eigenvalue weighted by Gasteiger charge is -2.05. The average Bonchev–Trinajstić information content (AvgIpc) is 2.65. The van der Waals surface area contributed by atoms with Crippen LogP contribution in [-0.2, 0) is 0 Å². The monoisotopic (exact) mass is 303 g/mol. The third kappa shape index (κ3) is 2.50. The first kappa shape index (κ1) is 14.1. The molecule has 0 aliphatic heterocycles. The molecule has 1 heteroatoms. The average molecular weight is 303 g/mol. The van der Waals surface area contributed by atoms with Crippen molar-refractivity contribution in [2.24, 2.45) is 0 Å². The zero-order valence-corrected chi connectivity index (χ0v) is 13.0. The first-order valence-corrected chi connectivity index (χ1v) is 7.78. The van der Waals surface area contributed by atoms with Gasteiger partial charge in [-0.25, -0.2) is 0 Å². The van der Waals surface area contributed by atoms with Crippen LogP contribution in [0.25, 0.3) is 21.5 Å². The third-order valence-corrected chi connectivity index (χ3v) is 4.11. The molecule has 0 spiro atoms. The lowest BCUT2D eigenvalue weighted by Crippen LogP contribution is -1.87. The van der Waals surface area contributed by atoms with Crippen molar-refractivity contribution in [3.8, 4) is 17.9 Å². The van der Waals surface area contributed by atoms with Gasteiger partial charge in [0.25, 0.3) is 0 Å². The molecule has 0 amide bonds. The molecular weight excluding hydrogens is 290 g/mol. The first-order chi connectivity index (χ1) is 11.8. The highest BCUT2D eigenvalue weighted by Crippen LogP contribution is 2.27. The van der Waals surface area contributed by atoms with Crippen LogP contribution in [0.5, 0.6) is 0 Å². The molecule has 110 valence electrons. The highest BCUT2D eigenvalue weighted by molar-refractivity contribution is 6.01. The smallest absolute Gasteiger partial charge is 0.101 e. The number of fused-ring (bicyclic) bond motifs is 2. The van der Waals surface area contributed by atoms with Crippen molar-refractivity contribution in [2.75, 3.05) is 0 Å². The Morgan fingerprint density at radius 3 is 2.08 bits per heavy atom. The van der Waals surface area contributed by atoms with Gasteiger partial charge in [-0.3, -0.25) is 0 Å². The van der Waals surface area contributed by atoms with Crippen LogP contribution in [0, 0.1) is 23.2 Å². The van der Waals surface area contributed by atoms with Crippen molar-refractivity contribution < 1.29 is 0 Å². The molecule has 0 aliphatic rings. The van der Waals surface area contributed by atoms with Crippen LogP contribution in [0.15, 0.2) is 78.9 Å². The Balaban J connectivity index is 1.93. The van der Waals surface area contributed by atoms with E-state index in [-0.39, 0.29) is 0 Å². The minimum absolute atomic E-state index is 0.640. The van der Waals surface area contributed by atoms with Crippen molar-refractivity contribution in [3.63, 3.8) is 0 Å². The molecule has 4 aromatic carbocycles. The molecule has 4 aromatic rings. The van der Waals surface area contributed by atoms with Crippen molar-refractivity contribution in [1.29, 1.82) is 5.26 Å². The van der Waals surface area contributed by atoms with E-state index < -0.39 is 0 Å². The minimum Gasteiger partial charge on any atom is -0.192 e. The van der Waals surface area contributed by atoms with E-state index in [2.05, 4.69) is 42.2 Å². The van der Waals surface area contributed by atoms with Crippen molar-refractivity contribution >= 4 is 21.5 Å². The van der Waals surface area contributed by atoms with E-state index in [0.717, 1.165) is 27.3 Å². The number of nitrogens with zero attached hydrogens (tertiary/aromatic N) is 1. The molecule has 4 rings (SSSR count). The Hall–Kier alpha value is -3.55. The van der Waals surface area contributed by atoms with E-state index in [4.69, 9.17) is 0 Å². The summed E-state index contributed by atoms with van der Waals surface area (Å²) in [5, 5.41) is 14.0. The fourth-order valence-corrected chi connectivity index (χ4v) is 2.90. The maximum atomic E-state index is 9.67. The Kier molecular flexibility index (Phi) is 3.47. The van der Waals surface area contributed by atoms with Crippen LogP contribution in [0.4, 0.5) is 0 Å². The van der Waals surface area contributed by atoms with E-state index in [9.17, 15) is 5.26 Å². The summed E-state index contributed by atoms with van der Waals surface area (Å²) < 4.78 is 0. The lowest BCUT2D eigenvalue weighted by molar-refractivity contribution is 1.49. The van der Waals surface area contributed by atoms with Gasteiger partial charge in [0.05, 0.1) is 5.56 Å². The molecule has 0 aliphatic carbocycles. The molecule has 24 heavy (non-hydrogen) atoms. The number of hydrogen-bond donors (Lipinski definition) is 0. The molecule has 0 unspecified atom stereocenters. The van der Waals surface area contributed by atoms with Gasteiger partial charge in [-0.05, 0) is 46.5 Å². The second-order valence-electron chi connectivity index (χ2n) is 5.64. The second-order valence-corrected chi connectivity index (χ2v) is 5.64. The van der Waals surface area contributed by atoms with Crippen molar-refractivity contribution in [3.05, 3.63) is 95.6 Å². The van der Waals surface area contributed by atoms with Gasteiger partial charge in [0, 0.05) is 16.5 Å². The predicted octanol–water partition coefficient (Wildman–Crippen LogP) is 5.26. The molecule has 0 heterocycles. The Bertz CT molecular complexity index is 1150. The van der Waals surface area contributed by atoms with Gasteiger partial charge in [0.1, 0.15) is 6.07 Å². The quantitative estimate of drug-likeness (QED) is 0.321. The molecule has 0 saturated carbocycles. The summed E-state index contributed by atoms with van der Waals surface area (Å²) in [7, 11) is 0. The summed E-state index contributed by atoms with van der Waals surface area (Å²) in [4.78, 5) is 0. The van der Waals surface area contributed by atoms with Crippen molar-refractivity contribution in [2.45, 2.75) is 0 Å². The molecule has 0 radical (unpaired) electrons. The summed E-state index contributed by atoms with van der Waals surface area (Å²) in [5.74, 6) is 6.28. The number of hydrogen-bond acceptors (Lipinski definition) is 1. The fourth-order valence-electron chi connectivity index (χ4n) is 2.90. The van der Waals surface area contributed by atoms with Crippen molar-refractivity contribution in [1.82, 2.24) is 0 Å². The van der Waals surface area contributed by atoms with Gasteiger partial charge in [0.2, 0.25) is 0 Å². The van der Waals surface area contributed by atoms with Crippen LogP contribution >= 0.6 is 0 Å². The summed E-state index contributed by atoms with van der Waals surface area (Å²) in [5.41, 5.74) is 2.35. The van der Waals surface area contributed by atoms with Crippen LogP contribution < -0.4 is 0 Å².